The number of alkyl halides is 3. The molecule has 1 aliphatic rings. The second kappa shape index (κ2) is 8.40. The Morgan fingerprint density at radius 1 is 1.41 bits per heavy atom. The van der Waals surface area contributed by atoms with Crippen molar-refractivity contribution in [3.05, 3.63) is 21.7 Å². The molecule has 1 fully saturated rings. The highest BCUT2D eigenvalue weighted by Crippen LogP contribution is 2.37. The fourth-order valence-corrected chi connectivity index (χ4v) is 2.95. The monoisotopic (exact) mass is 390 g/mol. The predicted molar refractivity (Wildman–Crippen MR) is 90.4 cm³/mol. The van der Waals surface area contributed by atoms with E-state index in [1.165, 1.54) is 0 Å². The number of carbonyl (C=O) groups excluding carboxylic acids is 1. The molecule has 0 atom stereocenters. The molecule has 0 aliphatic heterocycles. The summed E-state index contributed by atoms with van der Waals surface area (Å²) in [5.41, 5.74) is 4.83. The van der Waals surface area contributed by atoms with Gasteiger partial charge in [-0.3, -0.25) is 14.9 Å². The number of ether oxygens (including phenoxy) is 1. The van der Waals surface area contributed by atoms with Crippen LogP contribution in [0, 0.1) is 16.0 Å². The minimum absolute atomic E-state index is 0.0756. The summed E-state index contributed by atoms with van der Waals surface area (Å²) in [5, 5.41) is 13.7. The predicted octanol–water partition coefficient (Wildman–Crippen LogP) is 3.21. The summed E-state index contributed by atoms with van der Waals surface area (Å²) >= 11 is 0. The van der Waals surface area contributed by atoms with Gasteiger partial charge in [0.15, 0.2) is 0 Å². The Kier molecular flexibility index (Phi) is 6.45. The van der Waals surface area contributed by atoms with Crippen LogP contribution in [-0.2, 0) is 0 Å². The van der Waals surface area contributed by atoms with Crippen molar-refractivity contribution in [1.82, 2.24) is 10.3 Å². The van der Waals surface area contributed by atoms with Gasteiger partial charge in [-0.05, 0) is 32.1 Å². The molecule has 0 saturated heterocycles. The molecular formula is C16H21F3N4O4. The van der Waals surface area contributed by atoms with E-state index < -0.39 is 34.7 Å². The number of nitrogens with one attached hydrogen (secondary N) is 1. The van der Waals surface area contributed by atoms with E-state index in [1.54, 1.807) is 0 Å². The smallest absolute Gasteiger partial charge is 0.391 e. The summed E-state index contributed by atoms with van der Waals surface area (Å²) in [6.45, 7) is 2.05. The Balaban J connectivity index is 2.15. The summed E-state index contributed by atoms with van der Waals surface area (Å²) in [6.07, 6.45) is -3.43. The van der Waals surface area contributed by atoms with Crippen molar-refractivity contribution < 1.29 is 27.6 Å². The van der Waals surface area contributed by atoms with Crippen LogP contribution >= 0.6 is 0 Å². The minimum atomic E-state index is -4.24. The van der Waals surface area contributed by atoms with Crippen molar-refractivity contribution in [2.45, 2.75) is 51.2 Å². The Morgan fingerprint density at radius 2 is 2.04 bits per heavy atom. The van der Waals surface area contributed by atoms with Gasteiger partial charge in [-0.25, -0.2) is 0 Å². The molecule has 1 aliphatic carbocycles. The minimum Gasteiger partial charge on any atom is -0.477 e. The van der Waals surface area contributed by atoms with E-state index in [0.717, 1.165) is 6.07 Å². The molecule has 0 bridgehead atoms. The Hall–Kier alpha value is -2.59. The molecule has 11 heteroatoms. The number of nitrogens with zero attached hydrogens (tertiary/aromatic N) is 2. The van der Waals surface area contributed by atoms with Crippen molar-refractivity contribution in [3.63, 3.8) is 0 Å². The van der Waals surface area contributed by atoms with Crippen LogP contribution in [0.25, 0.3) is 0 Å². The normalized spacial score (nSPS) is 20.1. The van der Waals surface area contributed by atoms with Gasteiger partial charge in [0.05, 0.1) is 17.4 Å². The van der Waals surface area contributed by atoms with E-state index in [1.807, 2.05) is 6.92 Å². The van der Waals surface area contributed by atoms with Gasteiger partial charge in [-0.1, -0.05) is 6.92 Å². The van der Waals surface area contributed by atoms with Crippen LogP contribution in [0.3, 0.4) is 0 Å². The third-order valence-corrected chi connectivity index (χ3v) is 4.41. The molecule has 2 rings (SSSR count). The van der Waals surface area contributed by atoms with E-state index in [0.29, 0.717) is 6.42 Å². The largest absolute Gasteiger partial charge is 0.477 e. The van der Waals surface area contributed by atoms with E-state index in [4.69, 9.17) is 10.5 Å². The molecule has 8 nitrogen and oxygen atoms in total. The van der Waals surface area contributed by atoms with E-state index in [9.17, 15) is 28.1 Å². The Morgan fingerprint density at radius 3 is 2.56 bits per heavy atom. The van der Waals surface area contributed by atoms with Crippen LogP contribution in [0.1, 0.15) is 49.4 Å². The zero-order valence-electron chi connectivity index (χ0n) is 14.7. The maximum Gasteiger partial charge on any atom is 0.391 e. The lowest BCUT2D eigenvalue weighted by Crippen LogP contribution is -2.40. The summed E-state index contributed by atoms with van der Waals surface area (Å²) in [7, 11) is 0. The van der Waals surface area contributed by atoms with Crippen LogP contribution in [0.15, 0.2) is 6.07 Å². The first-order valence-electron chi connectivity index (χ1n) is 8.58. The van der Waals surface area contributed by atoms with Gasteiger partial charge < -0.3 is 15.8 Å². The molecule has 27 heavy (non-hydrogen) atoms. The van der Waals surface area contributed by atoms with Gasteiger partial charge in [0.1, 0.15) is 5.56 Å². The first-order valence-corrected chi connectivity index (χ1v) is 8.58. The first kappa shape index (κ1) is 20.7. The van der Waals surface area contributed by atoms with Gasteiger partial charge in [0.25, 0.3) is 5.91 Å². The lowest BCUT2D eigenvalue weighted by Gasteiger charge is -2.30. The van der Waals surface area contributed by atoms with Gasteiger partial charge in [0.2, 0.25) is 11.7 Å². The maximum absolute atomic E-state index is 12.7. The molecular weight excluding hydrogens is 369 g/mol. The van der Waals surface area contributed by atoms with E-state index in [2.05, 4.69) is 10.3 Å². The third-order valence-electron chi connectivity index (χ3n) is 4.41. The maximum atomic E-state index is 12.7. The van der Waals surface area contributed by atoms with Crippen molar-refractivity contribution in [1.29, 1.82) is 0 Å². The highest BCUT2D eigenvalue weighted by atomic mass is 19.4. The molecule has 1 amide bonds. The lowest BCUT2D eigenvalue weighted by molar-refractivity contribution is -0.384. The van der Waals surface area contributed by atoms with Crippen LogP contribution in [0.5, 0.6) is 5.88 Å². The number of carbonyl (C=O) groups is 1. The zero-order chi connectivity index (χ0) is 20.2. The molecule has 0 spiro atoms. The molecule has 1 aromatic heterocycles. The fourth-order valence-electron chi connectivity index (χ4n) is 2.95. The number of anilines is 1. The average Bonchev–Trinajstić information content (AvgIpc) is 2.59. The molecule has 0 aromatic carbocycles. The SMILES string of the molecule is CCCOc1nc(N)c([N+](=O)[O-])cc1C(=O)N[C@H]1CC[C@H](C(F)(F)F)CC1. The summed E-state index contributed by atoms with van der Waals surface area (Å²) in [5.74, 6) is -2.57. The van der Waals surface area contributed by atoms with Gasteiger partial charge >= 0.3 is 11.9 Å². The average molecular weight is 390 g/mol. The first-order chi connectivity index (χ1) is 12.6. The van der Waals surface area contributed by atoms with Gasteiger partial charge in [-0.15, -0.1) is 0 Å². The number of pyridine rings is 1. The topological polar surface area (TPSA) is 120 Å². The summed E-state index contributed by atoms with van der Waals surface area (Å²) < 4.78 is 43.6. The second-order valence-corrected chi connectivity index (χ2v) is 6.41. The van der Waals surface area contributed by atoms with Gasteiger partial charge in [-0.2, -0.15) is 18.2 Å². The molecule has 1 heterocycles. The quantitative estimate of drug-likeness (QED) is 0.568. The van der Waals surface area contributed by atoms with Crippen molar-refractivity contribution in [2.75, 3.05) is 12.3 Å². The Bertz CT molecular complexity index is 704. The molecule has 1 aromatic rings. The van der Waals surface area contributed by atoms with E-state index >= 15 is 0 Å². The molecule has 3 N–H and O–H groups in total. The number of rotatable bonds is 6. The number of hydrogen-bond donors (Lipinski definition) is 2. The Labute approximate surface area is 153 Å². The van der Waals surface area contributed by atoms with Crippen LogP contribution in [-0.4, -0.2) is 34.6 Å². The standard InChI is InChI=1S/C16H21F3N4O4/c1-2-7-27-15-11(8-12(23(25)26)13(20)22-15)14(24)21-10-5-3-9(4-6-10)16(17,18)19/h8-10H,2-7H2,1H3,(H2,20,22)(H,21,24)/t9-,10-. The highest BCUT2D eigenvalue weighted by molar-refractivity contribution is 5.97. The number of halogens is 3. The highest BCUT2D eigenvalue weighted by Gasteiger charge is 2.41. The number of nitro groups is 1. The van der Waals surface area contributed by atoms with Crippen LogP contribution in [0.4, 0.5) is 24.7 Å². The second-order valence-electron chi connectivity index (χ2n) is 6.41. The van der Waals surface area contributed by atoms with Crippen molar-refractivity contribution >= 4 is 17.4 Å². The van der Waals surface area contributed by atoms with Crippen LogP contribution in [0.2, 0.25) is 0 Å². The lowest BCUT2D eigenvalue weighted by atomic mass is 9.85. The number of nitrogens with two attached hydrogens (primary N) is 1. The molecule has 150 valence electrons. The number of amides is 1. The molecule has 0 radical (unpaired) electrons. The molecule has 0 unspecified atom stereocenters. The van der Waals surface area contributed by atoms with Crippen molar-refractivity contribution in [2.24, 2.45) is 5.92 Å². The summed E-state index contributed by atoms with van der Waals surface area (Å²) in [6, 6.07) is 0.524. The van der Waals surface area contributed by atoms with Crippen molar-refractivity contribution in [3.8, 4) is 5.88 Å². The third kappa shape index (κ3) is 5.20. The molecule has 1 saturated carbocycles. The van der Waals surface area contributed by atoms with E-state index in [-0.39, 0.29) is 49.6 Å². The fraction of sp³-hybridized carbons (Fsp3) is 0.625. The zero-order valence-corrected chi connectivity index (χ0v) is 14.7. The number of aromatic nitrogens is 1. The number of hydrogen-bond acceptors (Lipinski definition) is 6. The van der Waals surface area contributed by atoms with Gasteiger partial charge in [0, 0.05) is 12.1 Å². The van der Waals surface area contributed by atoms with Crippen LogP contribution < -0.4 is 15.8 Å². The number of nitrogen functional groups attached to an aromatic ring is 1. The summed E-state index contributed by atoms with van der Waals surface area (Å²) in [4.78, 5) is 26.6.